The van der Waals surface area contributed by atoms with Crippen LogP contribution in [0.3, 0.4) is 0 Å². The van der Waals surface area contributed by atoms with Crippen LogP contribution in [-0.4, -0.2) is 22.3 Å². The molecular weight excluding hydrogens is 220 g/mol. The van der Waals surface area contributed by atoms with Gasteiger partial charge < -0.3 is 14.3 Å². The molecule has 3 nitrogen and oxygen atoms in total. The number of nitrogens with zero attached hydrogens (tertiary/aromatic N) is 1. The van der Waals surface area contributed by atoms with Gasteiger partial charge in [-0.2, -0.15) is 0 Å². The van der Waals surface area contributed by atoms with Gasteiger partial charge in [0.25, 0.3) is 0 Å². The SMILES string of the molecule is CCc1c[nH]c(=S)n1CCOC1CCCC1. The fourth-order valence-corrected chi connectivity index (χ4v) is 2.60. The molecule has 0 spiro atoms. The van der Waals surface area contributed by atoms with E-state index >= 15 is 0 Å². The highest BCUT2D eigenvalue weighted by molar-refractivity contribution is 7.71. The zero-order valence-corrected chi connectivity index (χ0v) is 10.7. The third-order valence-electron chi connectivity index (χ3n) is 3.29. The van der Waals surface area contributed by atoms with Crippen molar-refractivity contribution in [2.24, 2.45) is 0 Å². The number of aromatic nitrogens is 2. The molecule has 1 aliphatic rings. The maximum absolute atomic E-state index is 5.85. The van der Waals surface area contributed by atoms with Gasteiger partial charge in [0.05, 0.1) is 12.7 Å². The molecule has 1 aliphatic carbocycles. The fourth-order valence-electron chi connectivity index (χ4n) is 2.34. The highest BCUT2D eigenvalue weighted by atomic mass is 32.1. The van der Waals surface area contributed by atoms with Crippen molar-refractivity contribution in [3.63, 3.8) is 0 Å². The minimum absolute atomic E-state index is 0.498. The molecule has 1 aromatic rings. The first kappa shape index (κ1) is 11.9. The zero-order valence-electron chi connectivity index (χ0n) is 9.87. The summed E-state index contributed by atoms with van der Waals surface area (Å²) in [6.45, 7) is 3.80. The normalized spacial score (nSPS) is 17.1. The van der Waals surface area contributed by atoms with Crippen LogP contribution in [0.2, 0.25) is 0 Å². The Morgan fingerprint density at radius 1 is 1.50 bits per heavy atom. The second-order valence-electron chi connectivity index (χ2n) is 4.37. The Balaban J connectivity index is 1.84. The van der Waals surface area contributed by atoms with Crippen molar-refractivity contribution in [1.29, 1.82) is 0 Å². The number of hydrogen-bond donors (Lipinski definition) is 1. The number of aromatic amines is 1. The number of nitrogens with one attached hydrogen (secondary N) is 1. The molecule has 1 aromatic heterocycles. The smallest absolute Gasteiger partial charge is 0.177 e. The van der Waals surface area contributed by atoms with E-state index in [0.29, 0.717) is 6.10 Å². The highest BCUT2D eigenvalue weighted by Crippen LogP contribution is 2.20. The molecule has 0 aromatic carbocycles. The quantitative estimate of drug-likeness (QED) is 0.802. The predicted molar refractivity (Wildman–Crippen MR) is 67.2 cm³/mol. The van der Waals surface area contributed by atoms with E-state index in [0.717, 1.165) is 24.3 Å². The summed E-state index contributed by atoms with van der Waals surface area (Å²) in [6.07, 6.45) is 8.63. The van der Waals surface area contributed by atoms with Gasteiger partial charge in [-0.3, -0.25) is 0 Å². The molecule has 0 aliphatic heterocycles. The molecule has 0 bridgehead atoms. The summed E-state index contributed by atoms with van der Waals surface area (Å²) in [5.41, 5.74) is 1.26. The van der Waals surface area contributed by atoms with Crippen molar-refractivity contribution in [3.05, 3.63) is 16.7 Å². The van der Waals surface area contributed by atoms with Crippen molar-refractivity contribution in [1.82, 2.24) is 9.55 Å². The summed E-state index contributed by atoms with van der Waals surface area (Å²) >= 11 is 5.24. The lowest BCUT2D eigenvalue weighted by molar-refractivity contribution is 0.0525. The Bertz CT molecular complexity index is 377. The van der Waals surface area contributed by atoms with Crippen LogP contribution in [0, 0.1) is 4.77 Å². The lowest BCUT2D eigenvalue weighted by Gasteiger charge is -2.12. The summed E-state index contributed by atoms with van der Waals surface area (Å²) in [5, 5.41) is 0. The first-order valence-electron chi connectivity index (χ1n) is 6.20. The van der Waals surface area contributed by atoms with Crippen LogP contribution in [0.15, 0.2) is 6.20 Å². The number of imidazole rings is 1. The topological polar surface area (TPSA) is 29.9 Å². The van der Waals surface area contributed by atoms with Crippen LogP contribution in [0.4, 0.5) is 0 Å². The second-order valence-corrected chi connectivity index (χ2v) is 4.75. The van der Waals surface area contributed by atoms with E-state index in [2.05, 4.69) is 16.5 Å². The molecular formula is C12H20N2OS. The third kappa shape index (κ3) is 2.74. The Hall–Kier alpha value is -0.610. The van der Waals surface area contributed by atoms with Crippen molar-refractivity contribution < 1.29 is 4.74 Å². The summed E-state index contributed by atoms with van der Waals surface area (Å²) < 4.78 is 8.80. The molecule has 1 heterocycles. The summed E-state index contributed by atoms with van der Waals surface area (Å²) in [5.74, 6) is 0. The van der Waals surface area contributed by atoms with Gasteiger partial charge in [-0.05, 0) is 31.5 Å². The van der Waals surface area contributed by atoms with Gasteiger partial charge >= 0.3 is 0 Å². The van der Waals surface area contributed by atoms with Crippen LogP contribution in [0.5, 0.6) is 0 Å². The van der Waals surface area contributed by atoms with E-state index < -0.39 is 0 Å². The lowest BCUT2D eigenvalue weighted by Crippen LogP contribution is -2.14. The van der Waals surface area contributed by atoms with E-state index in [9.17, 15) is 0 Å². The van der Waals surface area contributed by atoms with Gasteiger partial charge in [-0.15, -0.1) is 0 Å². The molecule has 0 amide bonds. The number of ether oxygens (including phenoxy) is 1. The maximum Gasteiger partial charge on any atom is 0.177 e. The fraction of sp³-hybridized carbons (Fsp3) is 0.750. The molecule has 2 rings (SSSR count). The van der Waals surface area contributed by atoms with Crippen LogP contribution in [0.25, 0.3) is 0 Å². The third-order valence-corrected chi connectivity index (χ3v) is 3.63. The molecule has 4 heteroatoms. The Morgan fingerprint density at radius 3 is 2.94 bits per heavy atom. The molecule has 1 N–H and O–H groups in total. The molecule has 0 unspecified atom stereocenters. The van der Waals surface area contributed by atoms with E-state index in [-0.39, 0.29) is 0 Å². The van der Waals surface area contributed by atoms with E-state index in [4.69, 9.17) is 17.0 Å². The number of aryl methyl sites for hydroxylation is 1. The predicted octanol–water partition coefficient (Wildman–Crippen LogP) is 3.07. The average Bonchev–Trinajstić information content (AvgIpc) is 2.90. The van der Waals surface area contributed by atoms with Gasteiger partial charge in [-0.1, -0.05) is 19.8 Å². The number of H-pyrrole nitrogens is 1. The first-order valence-corrected chi connectivity index (χ1v) is 6.60. The molecule has 1 fully saturated rings. The summed E-state index contributed by atoms with van der Waals surface area (Å²) in [7, 11) is 0. The molecule has 0 radical (unpaired) electrons. The average molecular weight is 240 g/mol. The Labute approximate surface area is 102 Å². The molecule has 1 saturated carbocycles. The summed E-state index contributed by atoms with van der Waals surface area (Å²) in [6, 6.07) is 0. The van der Waals surface area contributed by atoms with E-state index in [1.165, 1.54) is 31.4 Å². The largest absolute Gasteiger partial charge is 0.376 e. The Kier molecular flexibility index (Phi) is 4.18. The van der Waals surface area contributed by atoms with Gasteiger partial charge in [0.15, 0.2) is 4.77 Å². The van der Waals surface area contributed by atoms with Gasteiger partial charge in [0.2, 0.25) is 0 Å². The van der Waals surface area contributed by atoms with E-state index in [1.54, 1.807) is 0 Å². The van der Waals surface area contributed by atoms with Crippen LogP contribution in [0.1, 0.15) is 38.3 Å². The Morgan fingerprint density at radius 2 is 2.25 bits per heavy atom. The number of hydrogen-bond acceptors (Lipinski definition) is 2. The monoisotopic (exact) mass is 240 g/mol. The summed E-state index contributed by atoms with van der Waals surface area (Å²) in [4.78, 5) is 3.09. The lowest BCUT2D eigenvalue weighted by atomic mass is 10.3. The molecule has 90 valence electrons. The van der Waals surface area contributed by atoms with Crippen LogP contribution >= 0.6 is 12.2 Å². The molecule has 0 saturated heterocycles. The van der Waals surface area contributed by atoms with Crippen LogP contribution < -0.4 is 0 Å². The first-order chi connectivity index (χ1) is 7.81. The number of rotatable bonds is 5. The zero-order chi connectivity index (χ0) is 11.4. The van der Waals surface area contributed by atoms with Crippen molar-refractivity contribution in [2.45, 2.75) is 51.7 Å². The van der Waals surface area contributed by atoms with Gasteiger partial charge in [-0.25, -0.2) is 0 Å². The van der Waals surface area contributed by atoms with E-state index in [1.807, 2.05) is 6.20 Å². The van der Waals surface area contributed by atoms with Crippen molar-refractivity contribution in [3.8, 4) is 0 Å². The minimum atomic E-state index is 0.498. The second kappa shape index (κ2) is 5.64. The standard InChI is InChI=1S/C12H20N2OS/c1-2-10-9-13-12(16)14(10)7-8-15-11-5-3-4-6-11/h9,11H,2-8H2,1H3,(H,13,16). The minimum Gasteiger partial charge on any atom is -0.376 e. The van der Waals surface area contributed by atoms with Crippen LogP contribution in [-0.2, 0) is 17.7 Å². The van der Waals surface area contributed by atoms with Crippen molar-refractivity contribution in [2.75, 3.05) is 6.61 Å². The maximum atomic E-state index is 5.85. The molecule has 16 heavy (non-hydrogen) atoms. The van der Waals surface area contributed by atoms with Gasteiger partial charge in [0, 0.05) is 18.4 Å². The molecule has 0 atom stereocenters. The highest BCUT2D eigenvalue weighted by Gasteiger charge is 2.15. The van der Waals surface area contributed by atoms with Gasteiger partial charge in [0.1, 0.15) is 0 Å². The van der Waals surface area contributed by atoms with Crippen molar-refractivity contribution >= 4 is 12.2 Å².